The minimum absolute atomic E-state index is 0.0191. The van der Waals surface area contributed by atoms with Crippen molar-refractivity contribution < 1.29 is 19.2 Å². The number of hydrogen-bond donors (Lipinski definition) is 0. The van der Waals surface area contributed by atoms with Crippen molar-refractivity contribution in [1.29, 1.82) is 0 Å². The van der Waals surface area contributed by atoms with Gasteiger partial charge in [-0.25, -0.2) is 0 Å². The predicted octanol–water partition coefficient (Wildman–Crippen LogP) is 5.72. The van der Waals surface area contributed by atoms with Gasteiger partial charge in [-0.2, -0.15) is 0 Å². The number of thioether (sulfide) groups is 1. The van der Waals surface area contributed by atoms with Crippen LogP contribution in [-0.4, -0.2) is 33.2 Å². The highest BCUT2D eigenvalue weighted by Gasteiger charge is 2.37. The molecule has 1 amide bonds. The number of nitro groups is 1. The molecule has 1 saturated carbocycles. The van der Waals surface area contributed by atoms with Gasteiger partial charge in [-0.3, -0.25) is 19.8 Å². The molecule has 0 N–H and O–H groups in total. The number of benzene rings is 2. The number of thiocarbonyl (C=S) groups is 1. The Labute approximate surface area is 201 Å². The number of methoxy groups -OCH3 is 1. The average molecular weight is 485 g/mol. The van der Waals surface area contributed by atoms with Crippen molar-refractivity contribution in [3.8, 4) is 11.5 Å². The van der Waals surface area contributed by atoms with Crippen LogP contribution in [0.25, 0.3) is 6.08 Å². The lowest BCUT2D eigenvalue weighted by molar-refractivity contribution is -0.384. The van der Waals surface area contributed by atoms with Gasteiger partial charge in [0.15, 0.2) is 11.5 Å². The molecule has 172 valence electrons. The van der Waals surface area contributed by atoms with Crippen molar-refractivity contribution in [3.05, 3.63) is 68.6 Å². The quantitative estimate of drug-likeness (QED) is 0.215. The van der Waals surface area contributed by atoms with Crippen molar-refractivity contribution in [2.75, 3.05) is 7.11 Å². The molecule has 0 spiro atoms. The molecular weight excluding hydrogens is 460 g/mol. The fourth-order valence-corrected chi connectivity index (χ4v) is 5.45. The van der Waals surface area contributed by atoms with E-state index in [1.807, 2.05) is 18.2 Å². The van der Waals surface area contributed by atoms with E-state index in [9.17, 15) is 14.9 Å². The molecule has 1 aliphatic heterocycles. The minimum Gasteiger partial charge on any atom is -0.493 e. The smallest absolute Gasteiger partial charge is 0.269 e. The molecule has 0 aromatic heterocycles. The Hall–Kier alpha value is -2.91. The second-order valence-corrected chi connectivity index (χ2v) is 9.64. The second-order valence-electron chi connectivity index (χ2n) is 7.97. The first kappa shape index (κ1) is 23.3. The summed E-state index contributed by atoms with van der Waals surface area (Å²) in [5, 5.41) is 10.8. The molecule has 1 saturated heterocycles. The van der Waals surface area contributed by atoms with Crippen LogP contribution in [0.15, 0.2) is 47.4 Å². The largest absolute Gasteiger partial charge is 0.493 e. The van der Waals surface area contributed by atoms with Crippen LogP contribution in [0.1, 0.15) is 43.2 Å². The Morgan fingerprint density at radius 3 is 2.55 bits per heavy atom. The number of carbonyl (C=O) groups is 1. The van der Waals surface area contributed by atoms with Crippen LogP contribution >= 0.6 is 24.0 Å². The first-order valence-corrected chi connectivity index (χ1v) is 12.0. The molecular formula is C24H24N2O5S2. The first-order chi connectivity index (χ1) is 16.0. The lowest BCUT2D eigenvalue weighted by Crippen LogP contribution is -2.39. The van der Waals surface area contributed by atoms with Gasteiger partial charge in [0.05, 0.1) is 16.9 Å². The third kappa shape index (κ3) is 5.36. The van der Waals surface area contributed by atoms with Gasteiger partial charge in [0.25, 0.3) is 11.6 Å². The van der Waals surface area contributed by atoms with E-state index in [2.05, 4.69) is 0 Å². The Kier molecular flexibility index (Phi) is 7.29. The van der Waals surface area contributed by atoms with Crippen molar-refractivity contribution in [2.45, 2.75) is 44.8 Å². The van der Waals surface area contributed by atoms with E-state index in [-0.39, 0.29) is 24.2 Å². The molecule has 0 unspecified atom stereocenters. The number of amides is 1. The SMILES string of the molecule is COc1cc(/C=C2/SC(=S)N(C3CCCCC3)C2=O)ccc1OCc1ccc([N+](=O)[O-])cc1. The van der Waals surface area contributed by atoms with Gasteiger partial charge >= 0.3 is 0 Å². The van der Waals surface area contributed by atoms with Gasteiger partial charge in [-0.1, -0.05) is 49.3 Å². The Morgan fingerprint density at radius 2 is 1.88 bits per heavy atom. The highest BCUT2D eigenvalue weighted by atomic mass is 32.2. The third-order valence-electron chi connectivity index (χ3n) is 5.79. The number of carbonyl (C=O) groups excluding carboxylic acids is 1. The molecule has 33 heavy (non-hydrogen) atoms. The number of nitro benzene ring substituents is 1. The van der Waals surface area contributed by atoms with Gasteiger partial charge in [-0.05, 0) is 54.3 Å². The van der Waals surface area contributed by atoms with Gasteiger partial charge in [0, 0.05) is 18.2 Å². The normalized spacial score (nSPS) is 18.1. The Balaban J connectivity index is 1.46. The lowest BCUT2D eigenvalue weighted by atomic mass is 9.94. The van der Waals surface area contributed by atoms with Crippen LogP contribution in [0, 0.1) is 10.1 Å². The summed E-state index contributed by atoms with van der Waals surface area (Å²) in [4.78, 5) is 25.8. The number of nitrogens with zero attached hydrogens (tertiary/aromatic N) is 2. The first-order valence-electron chi connectivity index (χ1n) is 10.8. The minimum atomic E-state index is -0.435. The highest BCUT2D eigenvalue weighted by molar-refractivity contribution is 8.26. The zero-order valence-electron chi connectivity index (χ0n) is 18.2. The van der Waals surface area contributed by atoms with Crippen LogP contribution in [0.3, 0.4) is 0 Å². The van der Waals surface area contributed by atoms with E-state index >= 15 is 0 Å². The van der Waals surface area contributed by atoms with Crippen LogP contribution in [0.4, 0.5) is 5.69 Å². The van der Waals surface area contributed by atoms with E-state index in [0.29, 0.717) is 20.7 Å². The summed E-state index contributed by atoms with van der Waals surface area (Å²) in [6.07, 6.45) is 7.35. The standard InChI is InChI=1S/C24H24N2O5S2/c1-30-21-13-17(9-12-20(21)31-15-16-7-10-19(11-8-16)26(28)29)14-22-23(27)25(24(32)33-22)18-5-3-2-4-6-18/h7-14,18H,2-6,15H2,1H3/b22-14+. The maximum absolute atomic E-state index is 13.0. The van der Waals surface area contributed by atoms with Crippen molar-refractivity contribution in [3.63, 3.8) is 0 Å². The molecule has 0 radical (unpaired) electrons. The lowest BCUT2D eigenvalue weighted by Gasteiger charge is -2.29. The highest BCUT2D eigenvalue weighted by Crippen LogP contribution is 2.38. The fourth-order valence-electron chi connectivity index (χ4n) is 4.05. The fraction of sp³-hybridized carbons (Fsp3) is 0.333. The molecule has 9 heteroatoms. The molecule has 0 bridgehead atoms. The molecule has 2 aromatic rings. The molecule has 7 nitrogen and oxygen atoms in total. The number of non-ortho nitro benzene ring substituents is 1. The number of rotatable bonds is 7. The molecule has 2 aromatic carbocycles. The predicted molar refractivity (Wildman–Crippen MR) is 132 cm³/mol. The molecule has 2 aliphatic rings. The van der Waals surface area contributed by atoms with Gasteiger partial charge in [0.2, 0.25) is 0 Å². The maximum Gasteiger partial charge on any atom is 0.269 e. The molecule has 0 atom stereocenters. The van der Waals surface area contributed by atoms with Crippen molar-refractivity contribution in [1.82, 2.24) is 4.90 Å². The monoisotopic (exact) mass is 484 g/mol. The van der Waals surface area contributed by atoms with Crippen LogP contribution < -0.4 is 9.47 Å². The van der Waals surface area contributed by atoms with Crippen LogP contribution in [0.2, 0.25) is 0 Å². The van der Waals surface area contributed by atoms with E-state index in [1.165, 1.54) is 30.3 Å². The third-order valence-corrected chi connectivity index (χ3v) is 7.12. The van der Waals surface area contributed by atoms with Crippen molar-refractivity contribution in [2.24, 2.45) is 0 Å². The molecule has 1 aliphatic carbocycles. The van der Waals surface area contributed by atoms with Gasteiger partial charge < -0.3 is 9.47 Å². The van der Waals surface area contributed by atoms with E-state index in [0.717, 1.165) is 36.8 Å². The Morgan fingerprint density at radius 1 is 1.15 bits per heavy atom. The van der Waals surface area contributed by atoms with E-state index in [4.69, 9.17) is 21.7 Å². The second kappa shape index (κ2) is 10.4. The summed E-state index contributed by atoms with van der Waals surface area (Å²) >= 11 is 6.86. The summed E-state index contributed by atoms with van der Waals surface area (Å²) in [5.74, 6) is 1.06. The average Bonchev–Trinajstić information content (AvgIpc) is 3.11. The van der Waals surface area contributed by atoms with Gasteiger partial charge in [0.1, 0.15) is 10.9 Å². The van der Waals surface area contributed by atoms with E-state index in [1.54, 1.807) is 30.2 Å². The number of ether oxygens (including phenoxy) is 2. The zero-order chi connectivity index (χ0) is 23.4. The topological polar surface area (TPSA) is 81.9 Å². The summed E-state index contributed by atoms with van der Waals surface area (Å²) in [6, 6.07) is 11.9. The number of hydrogen-bond acceptors (Lipinski definition) is 7. The zero-order valence-corrected chi connectivity index (χ0v) is 19.8. The molecule has 4 rings (SSSR count). The molecule has 1 heterocycles. The Bertz CT molecular complexity index is 1090. The summed E-state index contributed by atoms with van der Waals surface area (Å²) in [5.41, 5.74) is 1.66. The maximum atomic E-state index is 13.0. The van der Waals surface area contributed by atoms with Crippen molar-refractivity contribution >= 4 is 46.0 Å². The van der Waals surface area contributed by atoms with Crippen LogP contribution in [-0.2, 0) is 11.4 Å². The molecule has 2 fully saturated rings. The van der Waals surface area contributed by atoms with Crippen LogP contribution in [0.5, 0.6) is 11.5 Å². The summed E-state index contributed by atoms with van der Waals surface area (Å²) < 4.78 is 12.0. The van der Waals surface area contributed by atoms with Gasteiger partial charge in [-0.15, -0.1) is 0 Å². The summed E-state index contributed by atoms with van der Waals surface area (Å²) in [7, 11) is 1.56. The van der Waals surface area contributed by atoms with E-state index < -0.39 is 4.92 Å². The summed E-state index contributed by atoms with van der Waals surface area (Å²) in [6.45, 7) is 0.244.